The van der Waals surface area contributed by atoms with Crippen LogP contribution in [0.4, 0.5) is 10.1 Å². The van der Waals surface area contributed by atoms with Crippen LogP contribution in [-0.4, -0.2) is 31.7 Å². The quantitative estimate of drug-likeness (QED) is 0.634. The van der Waals surface area contributed by atoms with Crippen LogP contribution in [0, 0.1) is 29.5 Å². The van der Waals surface area contributed by atoms with Crippen molar-refractivity contribution in [3.05, 3.63) is 36.2 Å². The van der Waals surface area contributed by atoms with Crippen LogP contribution >= 0.6 is 0 Å². The molecule has 0 aromatic heterocycles. The standard InChI is InChI=1S/C16H16FNO5S/c1-24(22,23)10-4-5-11(17)12(7-10)18-15(19)13-8-2-3-9(6-8)14(13)16(20)21/h2-5,7-9,13-14H,6H2,1H3,(H,18,19)(H,20,21)/t8-,9-,13-,14-/m0/s1. The summed E-state index contributed by atoms with van der Waals surface area (Å²) in [6.07, 6.45) is 5.18. The average molecular weight is 353 g/mol. The first-order valence-corrected chi connectivity index (χ1v) is 9.29. The number of carboxylic acids is 1. The number of benzene rings is 1. The molecule has 1 aromatic carbocycles. The maximum absolute atomic E-state index is 13.9. The van der Waals surface area contributed by atoms with Crippen LogP contribution in [0.2, 0.25) is 0 Å². The second kappa shape index (κ2) is 5.70. The minimum Gasteiger partial charge on any atom is -0.481 e. The Balaban J connectivity index is 1.88. The van der Waals surface area contributed by atoms with Crippen molar-refractivity contribution in [1.29, 1.82) is 0 Å². The van der Waals surface area contributed by atoms with Crippen LogP contribution in [0.5, 0.6) is 0 Å². The number of carbonyl (C=O) groups is 2. The summed E-state index contributed by atoms with van der Waals surface area (Å²) in [5.41, 5.74) is -0.265. The SMILES string of the molecule is CS(=O)(=O)c1ccc(F)c(NC(=O)[C@@H]2[C@@H](C(=O)O)[C@H]3C=C[C@H]2C3)c1. The Kier molecular flexibility index (Phi) is 3.95. The fourth-order valence-electron chi connectivity index (χ4n) is 3.56. The Labute approximate surface area is 138 Å². The lowest BCUT2D eigenvalue weighted by Crippen LogP contribution is -2.36. The fraction of sp³-hybridized carbons (Fsp3) is 0.375. The van der Waals surface area contributed by atoms with Crippen molar-refractivity contribution in [1.82, 2.24) is 0 Å². The fourth-order valence-corrected chi connectivity index (χ4v) is 4.21. The predicted molar refractivity (Wildman–Crippen MR) is 83.5 cm³/mol. The monoisotopic (exact) mass is 353 g/mol. The van der Waals surface area contributed by atoms with E-state index in [4.69, 9.17) is 0 Å². The van der Waals surface area contributed by atoms with Crippen LogP contribution in [-0.2, 0) is 19.4 Å². The molecule has 2 N–H and O–H groups in total. The number of rotatable bonds is 4. The normalized spacial score (nSPS) is 28.1. The van der Waals surface area contributed by atoms with Gasteiger partial charge in [0.25, 0.3) is 0 Å². The van der Waals surface area contributed by atoms with Crippen molar-refractivity contribution in [3.63, 3.8) is 0 Å². The zero-order valence-corrected chi connectivity index (χ0v) is 13.6. The smallest absolute Gasteiger partial charge is 0.307 e. The minimum absolute atomic E-state index is 0.123. The van der Waals surface area contributed by atoms with Crippen LogP contribution in [0.1, 0.15) is 6.42 Å². The highest BCUT2D eigenvalue weighted by atomic mass is 32.2. The zero-order chi connectivity index (χ0) is 17.6. The molecule has 0 spiro atoms. The number of halogens is 1. The average Bonchev–Trinajstić information content (AvgIpc) is 3.08. The van der Waals surface area contributed by atoms with E-state index in [-0.39, 0.29) is 22.4 Å². The van der Waals surface area contributed by atoms with Crippen LogP contribution in [0.3, 0.4) is 0 Å². The van der Waals surface area contributed by atoms with Gasteiger partial charge in [0.15, 0.2) is 9.84 Å². The molecule has 2 bridgehead atoms. The molecule has 0 saturated heterocycles. The molecule has 0 unspecified atom stereocenters. The van der Waals surface area contributed by atoms with E-state index in [0.717, 1.165) is 24.5 Å². The number of amides is 1. The molecule has 0 radical (unpaired) electrons. The van der Waals surface area contributed by atoms with E-state index in [0.29, 0.717) is 6.42 Å². The third kappa shape index (κ3) is 2.82. The number of hydrogen-bond donors (Lipinski definition) is 2. The van der Waals surface area contributed by atoms with E-state index in [9.17, 15) is 27.5 Å². The molecule has 2 aliphatic carbocycles. The molecule has 1 aromatic rings. The first-order chi connectivity index (χ1) is 11.2. The van der Waals surface area contributed by atoms with Crippen molar-refractivity contribution in [2.24, 2.45) is 23.7 Å². The summed E-state index contributed by atoms with van der Waals surface area (Å²) < 4.78 is 37.0. The maximum Gasteiger partial charge on any atom is 0.307 e. The van der Waals surface area contributed by atoms with Crippen LogP contribution < -0.4 is 5.32 Å². The summed E-state index contributed by atoms with van der Waals surface area (Å²) >= 11 is 0. The van der Waals surface area contributed by atoms with Gasteiger partial charge >= 0.3 is 5.97 Å². The van der Waals surface area contributed by atoms with E-state index in [1.807, 2.05) is 6.08 Å². The molecule has 6 nitrogen and oxygen atoms in total. The third-order valence-corrected chi connectivity index (χ3v) is 5.78. The molecule has 2 aliphatic rings. The summed E-state index contributed by atoms with van der Waals surface area (Å²) in [6, 6.07) is 3.11. The minimum atomic E-state index is -3.55. The number of sulfone groups is 1. The third-order valence-electron chi connectivity index (χ3n) is 4.67. The zero-order valence-electron chi connectivity index (χ0n) is 12.8. The highest BCUT2D eigenvalue weighted by Gasteiger charge is 2.51. The van der Waals surface area contributed by atoms with Gasteiger partial charge in [-0.3, -0.25) is 9.59 Å². The molecule has 24 heavy (non-hydrogen) atoms. The second-order valence-electron chi connectivity index (χ2n) is 6.24. The number of aliphatic carboxylic acids is 1. The van der Waals surface area contributed by atoms with Gasteiger partial charge in [-0.15, -0.1) is 0 Å². The summed E-state index contributed by atoms with van der Waals surface area (Å²) in [5, 5.41) is 11.7. The van der Waals surface area contributed by atoms with Gasteiger partial charge in [0, 0.05) is 6.26 Å². The first-order valence-electron chi connectivity index (χ1n) is 7.40. The Morgan fingerprint density at radius 3 is 2.42 bits per heavy atom. The molecule has 1 saturated carbocycles. The van der Waals surface area contributed by atoms with Gasteiger partial charge in [-0.1, -0.05) is 12.2 Å². The van der Waals surface area contributed by atoms with Crippen LogP contribution in [0.25, 0.3) is 0 Å². The number of anilines is 1. The maximum atomic E-state index is 13.9. The highest BCUT2D eigenvalue weighted by Crippen LogP contribution is 2.48. The number of fused-ring (bicyclic) bond motifs is 2. The van der Waals surface area contributed by atoms with Crippen molar-refractivity contribution < 1.29 is 27.5 Å². The molecule has 1 fully saturated rings. The van der Waals surface area contributed by atoms with Gasteiger partial charge in [0.2, 0.25) is 5.91 Å². The Hall–Kier alpha value is -2.22. The molecule has 1 amide bonds. The van der Waals surface area contributed by atoms with Crippen molar-refractivity contribution >= 4 is 27.4 Å². The summed E-state index contributed by atoms with van der Waals surface area (Å²) in [4.78, 5) is 23.8. The Morgan fingerprint density at radius 2 is 1.83 bits per heavy atom. The largest absolute Gasteiger partial charge is 0.481 e. The van der Waals surface area contributed by atoms with E-state index < -0.39 is 39.4 Å². The lowest BCUT2D eigenvalue weighted by molar-refractivity contribution is -0.146. The molecular weight excluding hydrogens is 337 g/mol. The van der Waals surface area contributed by atoms with Gasteiger partial charge in [-0.05, 0) is 36.5 Å². The molecular formula is C16H16FNO5S. The molecule has 3 rings (SSSR count). The topological polar surface area (TPSA) is 101 Å². The Bertz CT molecular complexity index is 848. The van der Waals surface area contributed by atoms with E-state index in [1.54, 1.807) is 6.08 Å². The number of nitrogens with one attached hydrogen (secondary N) is 1. The van der Waals surface area contributed by atoms with Gasteiger partial charge in [0.1, 0.15) is 5.82 Å². The van der Waals surface area contributed by atoms with E-state index in [1.165, 1.54) is 0 Å². The van der Waals surface area contributed by atoms with Crippen molar-refractivity contribution in [3.8, 4) is 0 Å². The number of hydrogen-bond acceptors (Lipinski definition) is 4. The number of carbonyl (C=O) groups excluding carboxylic acids is 1. The van der Waals surface area contributed by atoms with Gasteiger partial charge < -0.3 is 10.4 Å². The molecule has 128 valence electrons. The van der Waals surface area contributed by atoms with E-state index in [2.05, 4.69) is 5.32 Å². The molecule has 0 aliphatic heterocycles. The van der Waals surface area contributed by atoms with Crippen LogP contribution in [0.15, 0.2) is 35.2 Å². The molecule has 4 atom stereocenters. The Morgan fingerprint density at radius 1 is 1.21 bits per heavy atom. The van der Waals surface area contributed by atoms with Crippen molar-refractivity contribution in [2.75, 3.05) is 11.6 Å². The van der Waals surface area contributed by atoms with Gasteiger partial charge in [0.05, 0.1) is 22.4 Å². The highest BCUT2D eigenvalue weighted by molar-refractivity contribution is 7.90. The summed E-state index contributed by atoms with van der Waals surface area (Å²) in [6.45, 7) is 0. The van der Waals surface area contributed by atoms with Crippen molar-refractivity contribution in [2.45, 2.75) is 11.3 Å². The summed E-state index contributed by atoms with van der Waals surface area (Å²) in [5.74, 6) is -4.48. The lowest BCUT2D eigenvalue weighted by Gasteiger charge is -2.24. The predicted octanol–water partition coefficient (Wildman–Crippen LogP) is 1.69. The van der Waals surface area contributed by atoms with E-state index >= 15 is 0 Å². The number of allylic oxidation sites excluding steroid dienone is 2. The summed E-state index contributed by atoms with van der Waals surface area (Å²) in [7, 11) is -3.55. The first kappa shape index (κ1) is 16.6. The van der Waals surface area contributed by atoms with Gasteiger partial charge in [-0.2, -0.15) is 0 Å². The molecule has 0 heterocycles. The van der Waals surface area contributed by atoms with Gasteiger partial charge in [-0.25, -0.2) is 12.8 Å². The molecule has 8 heteroatoms. The number of carboxylic acid groups (broad SMARTS) is 1. The lowest BCUT2D eigenvalue weighted by atomic mass is 9.82. The second-order valence-corrected chi connectivity index (χ2v) is 8.26.